The van der Waals surface area contributed by atoms with Crippen molar-refractivity contribution in [2.75, 3.05) is 0 Å². The van der Waals surface area contributed by atoms with Crippen molar-refractivity contribution < 1.29 is 9.90 Å². The monoisotopic (exact) mass is 240 g/mol. The van der Waals surface area contributed by atoms with Gasteiger partial charge in [0.05, 0.1) is 0 Å². The zero-order chi connectivity index (χ0) is 12.9. The van der Waals surface area contributed by atoms with E-state index in [-0.39, 0.29) is 0 Å². The first kappa shape index (κ1) is 16.2. The van der Waals surface area contributed by atoms with Crippen molar-refractivity contribution in [3.8, 4) is 0 Å². The highest BCUT2D eigenvalue weighted by atomic mass is 16.4. The Bertz CT molecular complexity index is 219. The van der Waals surface area contributed by atoms with Crippen LogP contribution in [-0.2, 0) is 4.79 Å². The fourth-order valence-electron chi connectivity index (χ4n) is 1.86. The molecule has 0 bridgehead atoms. The third-order valence-electron chi connectivity index (χ3n) is 3.10. The van der Waals surface area contributed by atoms with Gasteiger partial charge in [-0.3, -0.25) is 0 Å². The summed E-state index contributed by atoms with van der Waals surface area (Å²) in [5.74, 6) is -0.791. The van der Waals surface area contributed by atoms with Crippen LogP contribution in [0.2, 0.25) is 0 Å². The number of unbranched alkanes of at least 4 members (excludes halogenated alkanes) is 9. The predicted octanol–water partition coefficient (Wildman–Crippen LogP) is 4.94. The van der Waals surface area contributed by atoms with E-state index in [1.165, 1.54) is 51.4 Å². The smallest absolute Gasteiger partial charge is 0.330 e. The van der Waals surface area contributed by atoms with Gasteiger partial charge in [0.15, 0.2) is 0 Å². The largest absolute Gasteiger partial charge is 0.478 e. The summed E-state index contributed by atoms with van der Waals surface area (Å²) in [5, 5.41) is 8.66. The molecule has 0 unspecified atom stereocenters. The molecule has 0 radical (unpaired) electrons. The molecule has 2 nitrogen and oxygen atoms in total. The van der Waals surface area contributed by atoms with Crippen LogP contribution in [0.5, 0.6) is 0 Å². The SMILES string of the molecule is CCCCCCCCCCC/C=C(\C)C(=O)O. The number of carboxylic acids is 1. The molecular formula is C15H28O2. The molecule has 0 aromatic rings. The Morgan fingerprint density at radius 3 is 1.88 bits per heavy atom. The normalized spacial score (nSPS) is 11.8. The first-order chi connectivity index (χ1) is 8.18. The quantitative estimate of drug-likeness (QED) is 0.410. The minimum absolute atomic E-state index is 0.476. The van der Waals surface area contributed by atoms with E-state index in [1.807, 2.05) is 6.08 Å². The lowest BCUT2D eigenvalue weighted by Crippen LogP contribution is -1.95. The summed E-state index contributed by atoms with van der Waals surface area (Å²) < 4.78 is 0. The zero-order valence-corrected chi connectivity index (χ0v) is 11.5. The number of carboxylic acid groups (broad SMARTS) is 1. The van der Waals surface area contributed by atoms with Gasteiger partial charge in [-0.25, -0.2) is 4.79 Å². The fraction of sp³-hybridized carbons (Fsp3) is 0.800. The second kappa shape index (κ2) is 11.7. The van der Waals surface area contributed by atoms with Crippen LogP contribution in [0.15, 0.2) is 11.6 Å². The Kier molecular flexibility index (Phi) is 11.1. The van der Waals surface area contributed by atoms with Crippen LogP contribution in [0.25, 0.3) is 0 Å². The number of hydrogen-bond donors (Lipinski definition) is 1. The molecule has 0 fully saturated rings. The van der Waals surface area contributed by atoms with Crippen molar-refractivity contribution in [1.29, 1.82) is 0 Å². The van der Waals surface area contributed by atoms with Crippen LogP contribution in [0.1, 0.15) is 78.1 Å². The van der Waals surface area contributed by atoms with Crippen molar-refractivity contribution in [2.45, 2.75) is 78.1 Å². The third-order valence-corrected chi connectivity index (χ3v) is 3.10. The fourth-order valence-corrected chi connectivity index (χ4v) is 1.86. The molecule has 1 N–H and O–H groups in total. The molecule has 0 amide bonds. The first-order valence-corrected chi connectivity index (χ1v) is 7.08. The van der Waals surface area contributed by atoms with Crippen molar-refractivity contribution in [2.24, 2.45) is 0 Å². The standard InChI is InChI=1S/C15H28O2/c1-3-4-5-6-7-8-9-10-11-12-13-14(2)15(16)17/h13H,3-12H2,1-2H3,(H,16,17)/b14-13+. The van der Waals surface area contributed by atoms with Crippen molar-refractivity contribution in [3.63, 3.8) is 0 Å². The second-order valence-electron chi connectivity index (χ2n) is 4.81. The predicted molar refractivity (Wildman–Crippen MR) is 73.2 cm³/mol. The average Bonchev–Trinajstić information content (AvgIpc) is 2.31. The van der Waals surface area contributed by atoms with Gasteiger partial charge in [-0.05, 0) is 19.8 Å². The highest BCUT2D eigenvalue weighted by Crippen LogP contribution is 2.11. The van der Waals surface area contributed by atoms with Crippen molar-refractivity contribution >= 4 is 5.97 Å². The molecule has 2 heteroatoms. The van der Waals surface area contributed by atoms with Crippen LogP contribution >= 0.6 is 0 Å². The van der Waals surface area contributed by atoms with Gasteiger partial charge < -0.3 is 5.11 Å². The molecule has 100 valence electrons. The molecule has 0 aromatic carbocycles. The molecule has 0 aliphatic rings. The van der Waals surface area contributed by atoms with Gasteiger partial charge in [0.2, 0.25) is 0 Å². The zero-order valence-electron chi connectivity index (χ0n) is 11.5. The van der Waals surface area contributed by atoms with Crippen LogP contribution in [0, 0.1) is 0 Å². The first-order valence-electron chi connectivity index (χ1n) is 7.08. The van der Waals surface area contributed by atoms with Crippen molar-refractivity contribution in [1.82, 2.24) is 0 Å². The van der Waals surface area contributed by atoms with E-state index < -0.39 is 5.97 Å². The van der Waals surface area contributed by atoms with Gasteiger partial charge in [-0.1, -0.05) is 64.4 Å². The summed E-state index contributed by atoms with van der Waals surface area (Å²) in [5.41, 5.74) is 0.476. The van der Waals surface area contributed by atoms with Crippen LogP contribution in [0.3, 0.4) is 0 Å². The molecule has 0 atom stereocenters. The lowest BCUT2D eigenvalue weighted by Gasteiger charge is -2.00. The van der Waals surface area contributed by atoms with E-state index in [0.29, 0.717) is 5.57 Å². The van der Waals surface area contributed by atoms with E-state index >= 15 is 0 Å². The van der Waals surface area contributed by atoms with Gasteiger partial charge in [-0.2, -0.15) is 0 Å². The molecule has 0 aliphatic heterocycles. The van der Waals surface area contributed by atoms with E-state index in [2.05, 4.69) is 6.92 Å². The summed E-state index contributed by atoms with van der Waals surface area (Å²) in [6.45, 7) is 3.91. The van der Waals surface area contributed by atoms with Crippen molar-refractivity contribution in [3.05, 3.63) is 11.6 Å². The van der Waals surface area contributed by atoms with E-state index in [0.717, 1.165) is 12.8 Å². The molecule has 0 heterocycles. The molecule has 0 rings (SSSR count). The molecular weight excluding hydrogens is 212 g/mol. The lowest BCUT2D eigenvalue weighted by atomic mass is 10.1. The van der Waals surface area contributed by atoms with E-state index in [1.54, 1.807) is 6.92 Å². The van der Waals surface area contributed by atoms with Gasteiger partial charge in [-0.15, -0.1) is 0 Å². The lowest BCUT2D eigenvalue weighted by molar-refractivity contribution is -0.132. The maximum atomic E-state index is 10.5. The summed E-state index contributed by atoms with van der Waals surface area (Å²) in [7, 11) is 0. The maximum absolute atomic E-state index is 10.5. The maximum Gasteiger partial charge on any atom is 0.330 e. The number of aliphatic carboxylic acids is 1. The van der Waals surface area contributed by atoms with E-state index in [4.69, 9.17) is 5.11 Å². The average molecular weight is 240 g/mol. The summed E-state index contributed by atoms with van der Waals surface area (Å²) >= 11 is 0. The number of hydrogen-bond acceptors (Lipinski definition) is 1. The van der Waals surface area contributed by atoms with Gasteiger partial charge in [0, 0.05) is 5.57 Å². The summed E-state index contributed by atoms with van der Waals surface area (Å²) in [6, 6.07) is 0. The molecule has 0 saturated heterocycles. The van der Waals surface area contributed by atoms with Crippen LogP contribution in [-0.4, -0.2) is 11.1 Å². The Morgan fingerprint density at radius 2 is 1.41 bits per heavy atom. The Hall–Kier alpha value is -0.790. The van der Waals surface area contributed by atoms with Gasteiger partial charge in [0.1, 0.15) is 0 Å². The third kappa shape index (κ3) is 11.5. The molecule has 0 aromatic heterocycles. The second-order valence-corrected chi connectivity index (χ2v) is 4.81. The molecule has 0 aliphatic carbocycles. The summed E-state index contributed by atoms with van der Waals surface area (Å²) in [6.07, 6.45) is 14.6. The Morgan fingerprint density at radius 1 is 0.941 bits per heavy atom. The molecule has 0 saturated carbocycles. The number of allylic oxidation sites excluding steroid dienone is 1. The molecule has 0 spiro atoms. The van der Waals surface area contributed by atoms with E-state index in [9.17, 15) is 4.79 Å². The molecule has 17 heavy (non-hydrogen) atoms. The Balaban J connectivity index is 3.19. The summed E-state index contributed by atoms with van der Waals surface area (Å²) in [4.78, 5) is 10.5. The van der Waals surface area contributed by atoms with Gasteiger partial charge in [0.25, 0.3) is 0 Å². The minimum Gasteiger partial charge on any atom is -0.478 e. The topological polar surface area (TPSA) is 37.3 Å². The van der Waals surface area contributed by atoms with Crippen LogP contribution < -0.4 is 0 Å². The number of carbonyl (C=O) groups is 1. The highest BCUT2D eigenvalue weighted by Gasteiger charge is 1.97. The number of rotatable bonds is 11. The van der Waals surface area contributed by atoms with Crippen LogP contribution in [0.4, 0.5) is 0 Å². The minimum atomic E-state index is -0.791. The Labute approximate surface area is 106 Å². The highest BCUT2D eigenvalue weighted by molar-refractivity contribution is 5.85. The van der Waals surface area contributed by atoms with Gasteiger partial charge >= 0.3 is 5.97 Å².